The van der Waals surface area contributed by atoms with Gasteiger partial charge >= 0.3 is 12.2 Å². The molecular weight excluding hydrogens is 425 g/mol. The Kier molecular flexibility index (Phi) is 5.92. The highest BCUT2D eigenvalue weighted by molar-refractivity contribution is 6.30. The fourth-order valence-electron chi connectivity index (χ4n) is 2.48. The van der Waals surface area contributed by atoms with Gasteiger partial charge in [0.2, 0.25) is 0 Å². The molecule has 0 radical (unpaired) electrons. The largest absolute Gasteiger partial charge is 0.435 e. The molecule has 0 bridgehead atoms. The molecule has 1 aromatic carbocycles. The zero-order valence-corrected chi connectivity index (χ0v) is 15.8. The van der Waals surface area contributed by atoms with Crippen LogP contribution in [-0.4, -0.2) is 26.7 Å². The number of urea groups is 1. The van der Waals surface area contributed by atoms with Crippen LogP contribution in [0.15, 0.2) is 48.7 Å². The second-order valence-corrected chi connectivity index (χ2v) is 6.45. The second kappa shape index (κ2) is 8.41. The van der Waals surface area contributed by atoms with E-state index in [1.165, 1.54) is 30.5 Å². The molecule has 12 heteroatoms. The number of primary amides is 1. The summed E-state index contributed by atoms with van der Waals surface area (Å²) in [5.41, 5.74) is 4.65. The molecule has 0 saturated carbocycles. The van der Waals surface area contributed by atoms with E-state index in [9.17, 15) is 22.8 Å². The number of carbonyl (C=O) groups is 2. The molecule has 30 heavy (non-hydrogen) atoms. The topological polar surface area (TPSA) is 115 Å². The third-order valence-electron chi connectivity index (χ3n) is 3.83. The number of nitrogens with two attached hydrogens (primary N) is 1. The molecule has 0 aliphatic rings. The Labute approximate surface area is 172 Å². The Hall–Kier alpha value is -3.60. The van der Waals surface area contributed by atoms with Crippen molar-refractivity contribution in [2.75, 3.05) is 5.32 Å². The number of carbonyl (C=O) groups excluding carboxylic acids is 2. The Morgan fingerprint density at radius 1 is 1.17 bits per heavy atom. The average molecular weight is 439 g/mol. The number of pyridine rings is 1. The lowest BCUT2D eigenvalue weighted by Gasteiger charge is -2.10. The van der Waals surface area contributed by atoms with Crippen molar-refractivity contribution < 1.29 is 22.8 Å². The van der Waals surface area contributed by atoms with E-state index in [4.69, 9.17) is 17.3 Å². The monoisotopic (exact) mass is 438 g/mol. The first-order valence-corrected chi connectivity index (χ1v) is 8.74. The fourth-order valence-corrected chi connectivity index (χ4v) is 2.66. The van der Waals surface area contributed by atoms with E-state index in [0.717, 1.165) is 10.7 Å². The maximum atomic E-state index is 13.1. The molecule has 3 rings (SSSR count). The Morgan fingerprint density at radius 2 is 1.93 bits per heavy atom. The minimum atomic E-state index is -4.66. The zero-order chi connectivity index (χ0) is 21.9. The fraction of sp³-hybridized carbons (Fsp3) is 0.111. The van der Waals surface area contributed by atoms with Crippen LogP contribution in [0.25, 0.3) is 5.69 Å². The maximum Gasteiger partial charge on any atom is 0.435 e. The lowest BCUT2D eigenvalue weighted by molar-refractivity contribution is -0.141. The van der Waals surface area contributed by atoms with Crippen LogP contribution in [0, 0.1) is 0 Å². The van der Waals surface area contributed by atoms with Gasteiger partial charge in [-0.2, -0.15) is 18.3 Å². The van der Waals surface area contributed by atoms with E-state index >= 15 is 0 Å². The van der Waals surface area contributed by atoms with Gasteiger partial charge in [0.05, 0.1) is 29.8 Å². The number of halogens is 4. The number of hydrogen-bond donors (Lipinski definition) is 3. The van der Waals surface area contributed by atoms with Gasteiger partial charge in [-0.1, -0.05) is 17.7 Å². The van der Waals surface area contributed by atoms with Crippen molar-refractivity contribution >= 4 is 29.2 Å². The smallest absolute Gasteiger partial charge is 0.364 e. The zero-order valence-electron chi connectivity index (χ0n) is 15.1. The summed E-state index contributed by atoms with van der Waals surface area (Å²) in [5, 5.41) is 8.80. The van der Waals surface area contributed by atoms with Gasteiger partial charge in [0, 0.05) is 5.02 Å². The van der Waals surface area contributed by atoms with Crippen LogP contribution >= 0.6 is 11.6 Å². The quantitative estimate of drug-likeness (QED) is 0.566. The minimum Gasteiger partial charge on any atom is -0.364 e. The van der Waals surface area contributed by atoms with Crippen LogP contribution in [0.5, 0.6) is 0 Å². The predicted molar refractivity (Wildman–Crippen MR) is 102 cm³/mol. The number of benzene rings is 1. The van der Waals surface area contributed by atoms with Crippen molar-refractivity contribution in [3.05, 3.63) is 70.8 Å². The Morgan fingerprint density at radius 3 is 2.53 bits per heavy atom. The van der Waals surface area contributed by atoms with Crippen molar-refractivity contribution in [1.82, 2.24) is 20.1 Å². The number of amides is 3. The molecular formula is C18H14ClF3N6O2. The number of rotatable bonds is 5. The molecule has 0 fully saturated rings. The van der Waals surface area contributed by atoms with E-state index in [-0.39, 0.29) is 23.6 Å². The van der Waals surface area contributed by atoms with Crippen molar-refractivity contribution in [1.29, 1.82) is 0 Å². The van der Waals surface area contributed by atoms with Crippen LogP contribution in [0.1, 0.15) is 21.9 Å². The average Bonchev–Trinajstić information content (AvgIpc) is 3.11. The first-order chi connectivity index (χ1) is 14.1. The standard InChI is InChI=1S/C18H14ClF3N6O2/c19-10-2-1-3-12(6-10)28-13(7-15(27-28)18(20,21)22)9-25-17(30)26-11-4-5-14(16(23)29)24-8-11/h1-8H,9H2,(H2,23,29)(H2,25,26,30). The Balaban J connectivity index is 1.76. The first kappa shape index (κ1) is 21.1. The lowest BCUT2D eigenvalue weighted by atomic mass is 10.3. The first-order valence-electron chi connectivity index (χ1n) is 8.36. The van der Waals surface area contributed by atoms with Gasteiger partial charge < -0.3 is 16.4 Å². The van der Waals surface area contributed by atoms with Gasteiger partial charge in [-0.05, 0) is 36.4 Å². The van der Waals surface area contributed by atoms with Crippen molar-refractivity contribution in [3.8, 4) is 5.69 Å². The molecule has 8 nitrogen and oxygen atoms in total. The van der Waals surface area contributed by atoms with Crippen molar-refractivity contribution in [2.24, 2.45) is 5.73 Å². The molecule has 156 valence electrons. The normalized spacial score (nSPS) is 11.2. The van der Waals surface area contributed by atoms with E-state index < -0.39 is 23.8 Å². The number of aromatic nitrogens is 3. The molecule has 0 saturated heterocycles. The highest BCUT2D eigenvalue weighted by atomic mass is 35.5. The molecule has 0 atom stereocenters. The number of nitrogens with zero attached hydrogens (tertiary/aromatic N) is 3. The number of alkyl halides is 3. The molecule has 4 N–H and O–H groups in total. The molecule has 2 aromatic heterocycles. The van der Waals surface area contributed by atoms with Crippen LogP contribution in [0.2, 0.25) is 5.02 Å². The molecule has 3 aromatic rings. The summed E-state index contributed by atoms with van der Waals surface area (Å²) in [4.78, 5) is 26.9. The second-order valence-electron chi connectivity index (χ2n) is 6.01. The number of anilines is 1. The summed E-state index contributed by atoms with van der Waals surface area (Å²) in [7, 11) is 0. The summed E-state index contributed by atoms with van der Waals surface area (Å²) in [5.74, 6) is -0.722. The summed E-state index contributed by atoms with van der Waals surface area (Å²) in [6.45, 7) is -0.256. The predicted octanol–water partition coefficient (Wildman–Crippen LogP) is 3.36. The van der Waals surface area contributed by atoms with Gasteiger partial charge in [-0.25, -0.2) is 14.5 Å². The van der Waals surface area contributed by atoms with E-state index in [1.54, 1.807) is 12.1 Å². The van der Waals surface area contributed by atoms with Crippen LogP contribution in [0.4, 0.5) is 23.7 Å². The van der Waals surface area contributed by atoms with Crippen molar-refractivity contribution in [3.63, 3.8) is 0 Å². The van der Waals surface area contributed by atoms with E-state index in [1.807, 2.05) is 0 Å². The van der Waals surface area contributed by atoms with Gasteiger partial charge in [-0.3, -0.25) is 4.79 Å². The maximum absolute atomic E-state index is 13.1. The third-order valence-corrected chi connectivity index (χ3v) is 4.07. The highest BCUT2D eigenvalue weighted by Crippen LogP contribution is 2.30. The summed E-state index contributed by atoms with van der Waals surface area (Å²) < 4.78 is 40.4. The van der Waals surface area contributed by atoms with Gasteiger partial charge in [0.15, 0.2) is 5.69 Å². The summed E-state index contributed by atoms with van der Waals surface area (Å²) in [6.07, 6.45) is -3.44. The van der Waals surface area contributed by atoms with Crippen LogP contribution < -0.4 is 16.4 Å². The van der Waals surface area contributed by atoms with Gasteiger partial charge in [-0.15, -0.1) is 0 Å². The molecule has 2 heterocycles. The lowest BCUT2D eigenvalue weighted by Crippen LogP contribution is -2.29. The summed E-state index contributed by atoms with van der Waals surface area (Å²) >= 11 is 5.91. The van der Waals surface area contributed by atoms with Gasteiger partial charge in [0.25, 0.3) is 5.91 Å². The Bertz CT molecular complexity index is 1080. The molecule has 0 aliphatic carbocycles. The van der Waals surface area contributed by atoms with E-state index in [2.05, 4.69) is 20.7 Å². The SMILES string of the molecule is NC(=O)c1ccc(NC(=O)NCc2cc(C(F)(F)F)nn2-c2cccc(Cl)c2)cn1. The summed E-state index contributed by atoms with van der Waals surface area (Å²) in [6, 6.07) is 8.99. The molecule has 3 amide bonds. The van der Waals surface area contributed by atoms with Crippen LogP contribution in [-0.2, 0) is 12.7 Å². The van der Waals surface area contributed by atoms with Crippen molar-refractivity contribution in [2.45, 2.75) is 12.7 Å². The van der Waals surface area contributed by atoms with Gasteiger partial charge in [0.1, 0.15) is 5.69 Å². The molecule has 0 spiro atoms. The number of nitrogens with one attached hydrogen (secondary N) is 2. The molecule has 0 unspecified atom stereocenters. The van der Waals surface area contributed by atoms with Crippen LogP contribution in [0.3, 0.4) is 0 Å². The third kappa shape index (κ3) is 5.06. The minimum absolute atomic E-state index is 0.0195. The van der Waals surface area contributed by atoms with E-state index in [0.29, 0.717) is 10.7 Å². The molecule has 0 aliphatic heterocycles. The highest BCUT2D eigenvalue weighted by Gasteiger charge is 2.35. The number of hydrogen-bond acceptors (Lipinski definition) is 4.